The van der Waals surface area contributed by atoms with Gasteiger partial charge in [-0.2, -0.15) is 0 Å². The number of carbonyl (C=O) groups is 2. The van der Waals surface area contributed by atoms with E-state index >= 15 is 0 Å². The average Bonchev–Trinajstić information content (AvgIpc) is 2.66. The van der Waals surface area contributed by atoms with Gasteiger partial charge in [0.2, 0.25) is 0 Å². The van der Waals surface area contributed by atoms with E-state index in [2.05, 4.69) is 30.0 Å². The van der Waals surface area contributed by atoms with E-state index in [1.54, 1.807) is 24.3 Å². The molecule has 0 aromatic heterocycles. The van der Waals surface area contributed by atoms with Crippen molar-refractivity contribution >= 4 is 23.4 Å². The number of benzene rings is 2. The van der Waals surface area contributed by atoms with Crippen molar-refractivity contribution in [2.75, 3.05) is 13.2 Å². The maximum absolute atomic E-state index is 12.0. The van der Waals surface area contributed by atoms with Gasteiger partial charge in [-0.05, 0) is 35.7 Å². The fraction of sp³-hybridized carbons (Fsp3) is 0.300. The third-order valence-corrected chi connectivity index (χ3v) is 4.08. The van der Waals surface area contributed by atoms with E-state index in [1.165, 1.54) is 0 Å². The molecule has 0 heterocycles. The fourth-order valence-corrected chi connectivity index (χ4v) is 2.63. The number of hydrogen-bond donors (Lipinski definition) is 3. The Kier molecular flexibility index (Phi) is 8.10. The molecule has 144 valence electrons. The maximum Gasteiger partial charge on any atom is 0.276 e. The summed E-state index contributed by atoms with van der Waals surface area (Å²) < 4.78 is 5.30. The minimum absolute atomic E-state index is 0.0425. The SMILES string of the molecule is CC(C)[C@H](NCC(=O)NNC(=O)COc1ccc(Cl)cc1)c1ccccc1. The minimum atomic E-state index is -0.457. The van der Waals surface area contributed by atoms with Crippen molar-refractivity contribution in [2.45, 2.75) is 19.9 Å². The average molecular weight is 390 g/mol. The highest BCUT2D eigenvalue weighted by Crippen LogP contribution is 2.20. The fourth-order valence-electron chi connectivity index (χ4n) is 2.50. The highest BCUT2D eigenvalue weighted by molar-refractivity contribution is 6.30. The van der Waals surface area contributed by atoms with Crippen molar-refractivity contribution in [3.8, 4) is 5.75 Å². The van der Waals surface area contributed by atoms with Crippen LogP contribution in [0.15, 0.2) is 54.6 Å². The summed E-state index contributed by atoms with van der Waals surface area (Å²) in [5.41, 5.74) is 5.81. The Morgan fingerprint density at radius 3 is 2.22 bits per heavy atom. The summed E-state index contributed by atoms with van der Waals surface area (Å²) >= 11 is 5.78. The number of nitrogens with one attached hydrogen (secondary N) is 3. The minimum Gasteiger partial charge on any atom is -0.484 e. The van der Waals surface area contributed by atoms with Crippen LogP contribution in [-0.4, -0.2) is 25.0 Å². The monoisotopic (exact) mass is 389 g/mol. The predicted molar refractivity (Wildman–Crippen MR) is 105 cm³/mol. The molecule has 0 bridgehead atoms. The Morgan fingerprint density at radius 2 is 1.59 bits per heavy atom. The van der Waals surface area contributed by atoms with Gasteiger partial charge < -0.3 is 10.1 Å². The molecule has 0 spiro atoms. The predicted octanol–water partition coefficient (Wildman–Crippen LogP) is 2.85. The molecule has 0 aliphatic carbocycles. The molecule has 6 nitrogen and oxygen atoms in total. The molecule has 0 fully saturated rings. The lowest BCUT2D eigenvalue weighted by atomic mass is 9.96. The van der Waals surface area contributed by atoms with Crippen molar-refractivity contribution in [3.63, 3.8) is 0 Å². The number of halogens is 1. The number of ether oxygens (including phenoxy) is 1. The van der Waals surface area contributed by atoms with Crippen LogP contribution in [0.2, 0.25) is 5.02 Å². The van der Waals surface area contributed by atoms with Crippen LogP contribution in [-0.2, 0) is 9.59 Å². The molecular formula is C20H24ClN3O3. The summed E-state index contributed by atoms with van der Waals surface area (Å²) in [7, 11) is 0. The normalized spacial score (nSPS) is 11.7. The van der Waals surface area contributed by atoms with Gasteiger partial charge in [-0.3, -0.25) is 20.4 Å². The van der Waals surface area contributed by atoms with Crippen LogP contribution in [0.3, 0.4) is 0 Å². The number of carbonyl (C=O) groups excluding carboxylic acids is 2. The van der Waals surface area contributed by atoms with Crippen LogP contribution in [0, 0.1) is 5.92 Å². The van der Waals surface area contributed by atoms with E-state index in [9.17, 15) is 9.59 Å². The van der Waals surface area contributed by atoms with E-state index < -0.39 is 5.91 Å². The topological polar surface area (TPSA) is 79.5 Å². The van der Waals surface area contributed by atoms with Gasteiger partial charge in [0.1, 0.15) is 5.75 Å². The highest BCUT2D eigenvalue weighted by atomic mass is 35.5. The van der Waals surface area contributed by atoms with Gasteiger partial charge in [-0.1, -0.05) is 55.8 Å². The zero-order valence-corrected chi connectivity index (χ0v) is 16.1. The molecule has 2 amide bonds. The zero-order chi connectivity index (χ0) is 19.6. The molecule has 3 N–H and O–H groups in total. The van der Waals surface area contributed by atoms with Gasteiger partial charge in [-0.25, -0.2) is 0 Å². The Morgan fingerprint density at radius 1 is 0.963 bits per heavy atom. The lowest BCUT2D eigenvalue weighted by molar-refractivity contribution is -0.129. The lowest BCUT2D eigenvalue weighted by Crippen LogP contribution is -2.47. The van der Waals surface area contributed by atoms with Crippen LogP contribution in [0.1, 0.15) is 25.5 Å². The van der Waals surface area contributed by atoms with Gasteiger partial charge in [0.05, 0.1) is 6.54 Å². The Balaban J connectivity index is 1.71. The van der Waals surface area contributed by atoms with Crippen molar-refractivity contribution in [1.82, 2.24) is 16.2 Å². The number of hydrogen-bond acceptors (Lipinski definition) is 4. The first-order valence-electron chi connectivity index (χ1n) is 8.70. The van der Waals surface area contributed by atoms with E-state index in [1.807, 2.05) is 30.3 Å². The third kappa shape index (κ3) is 7.29. The molecule has 0 saturated heterocycles. The highest BCUT2D eigenvalue weighted by Gasteiger charge is 2.16. The Bertz CT molecular complexity index is 736. The Labute approximate surface area is 164 Å². The standard InChI is InChI=1S/C20H24ClN3O3/c1-14(2)20(15-6-4-3-5-7-15)22-12-18(25)23-24-19(26)13-27-17-10-8-16(21)9-11-17/h3-11,14,20,22H,12-13H2,1-2H3,(H,23,25)(H,24,26)/t20-/m0/s1. The van der Waals surface area contributed by atoms with E-state index in [0.29, 0.717) is 16.7 Å². The van der Waals surface area contributed by atoms with Crippen molar-refractivity contribution in [1.29, 1.82) is 0 Å². The van der Waals surface area contributed by atoms with Crippen molar-refractivity contribution in [2.24, 2.45) is 5.92 Å². The van der Waals surface area contributed by atoms with Crippen LogP contribution >= 0.6 is 11.6 Å². The second-order valence-electron chi connectivity index (χ2n) is 6.35. The lowest BCUT2D eigenvalue weighted by Gasteiger charge is -2.22. The molecule has 7 heteroatoms. The quantitative estimate of drug-likeness (QED) is 0.606. The van der Waals surface area contributed by atoms with Gasteiger partial charge in [0.15, 0.2) is 6.61 Å². The second kappa shape index (κ2) is 10.5. The van der Waals surface area contributed by atoms with Crippen LogP contribution in [0.4, 0.5) is 0 Å². The van der Waals surface area contributed by atoms with E-state index in [-0.39, 0.29) is 25.1 Å². The second-order valence-corrected chi connectivity index (χ2v) is 6.79. The first kappa shape index (κ1) is 20.7. The molecule has 0 radical (unpaired) electrons. The van der Waals surface area contributed by atoms with Crippen molar-refractivity contribution in [3.05, 3.63) is 65.2 Å². The van der Waals surface area contributed by atoms with Gasteiger partial charge in [0, 0.05) is 11.1 Å². The number of amides is 2. The summed E-state index contributed by atoms with van der Waals surface area (Å²) in [5, 5.41) is 3.80. The molecule has 2 aromatic rings. The molecule has 0 aliphatic heterocycles. The van der Waals surface area contributed by atoms with Gasteiger partial charge in [0.25, 0.3) is 11.8 Å². The Hall–Kier alpha value is -2.57. The molecule has 2 aromatic carbocycles. The smallest absolute Gasteiger partial charge is 0.276 e. The van der Waals surface area contributed by atoms with Crippen molar-refractivity contribution < 1.29 is 14.3 Å². The maximum atomic E-state index is 12.0. The number of rotatable bonds is 8. The van der Waals surface area contributed by atoms with E-state index in [4.69, 9.17) is 16.3 Å². The third-order valence-electron chi connectivity index (χ3n) is 3.83. The molecule has 2 rings (SSSR count). The van der Waals surface area contributed by atoms with Crippen LogP contribution in [0.5, 0.6) is 5.75 Å². The summed E-state index contributed by atoms with van der Waals surface area (Å²) in [6.45, 7) is 4.03. The summed E-state index contributed by atoms with van der Waals surface area (Å²) in [6, 6.07) is 16.6. The summed E-state index contributed by atoms with van der Waals surface area (Å²) in [6.07, 6.45) is 0. The number of hydrazine groups is 1. The van der Waals surface area contributed by atoms with E-state index in [0.717, 1.165) is 5.56 Å². The largest absolute Gasteiger partial charge is 0.484 e. The zero-order valence-electron chi connectivity index (χ0n) is 15.4. The molecule has 0 saturated carbocycles. The molecule has 0 unspecified atom stereocenters. The molecule has 27 heavy (non-hydrogen) atoms. The first-order valence-corrected chi connectivity index (χ1v) is 9.08. The van der Waals surface area contributed by atoms with Gasteiger partial charge >= 0.3 is 0 Å². The summed E-state index contributed by atoms with van der Waals surface area (Å²) in [5.74, 6) is 0.0333. The molecular weight excluding hydrogens is 366 g/mol. The first-order chi connectivity index (χ1) is 13.0. The molecule has 0 aliphatic rings. The molecule has 1 atom stereocenters. The summed E-state index contributed by atoms with van der Waals surface area (Å²) in [4.78, 5) is 23.7. The van der Waals surface area contributed by atoms with Gasteiger partial charge in [-0.15, -0.1) is 0 Å². The van der Waals surface area contributed by atoms with Crippen LogP contribution in [0.25, 0.3) is 0 Å². The van der Waals surface area contributed by atoms with Crippen LogP contribution < -0.4 is 20.9 Å².